The lowest BCUT2D eigenvalue weighted by atomic mass is 10.1. The van der Waals surface area contributed by atoms with E-state index in [1.54, 1.807) is 0 Å². The molecule has 1 aliphatic rings. The van der Waals surface area contributed by atoms with Crippen LogP contribution in [0, 0.1) is 0 Å². The van der Waals surface area contributed by atoms with Crippen molar-refractivity contribution in [2.45, 2.75) is 58.3 Å². The van der Waals surface area contributed by atoms with E-state index in [1.165, 1.54) is 51.4 Å². The minimum Gasteiger partial charge on any atom is -0.362 e. The summed E-state index contributed by atoms with van der Waals surface area (Å²) >= 11 is 5.34. The highest BCUT2D eigenvalue weighted by Crippen LogP contribution is 2.07. The van der Waals surface area contributed by atoms with Crippen molar-refractivity contribution in [2.75, 3.05) is 39.8 Å². The Bertz CT molecular complexity index is 265. The van der Waals surface area contributed by atoms with Gasteiger partial charge in [0.25, 0.3) is 0 Å². The third-order valence-electron chi connectivity index (χ3n) is 4.08. The van der Waals surface area contributed by atoms with E-state index in [1.807, 2.05) is 0 Å². The summed E-state index contributed by atoms with van der Waals surface area (Å²) in [6.07, 6.45) is 10.8. The molecule has 0 unspecified atom stereocenters. The molecule has 0 amide bonds. The van der Waals surface area contributed by atoms with E-state index in [9.17, 15) is 0 Å². The van der Waals surface area contributed by atoms with Crippen molar-refractivity contribution < 1.29 is 0 Å². The number of hydrogen-bond acceptors (Lipinski definition) is 3. The first-order valence-electron chi connectivity index (χ1n) is 8.70. The van der Waals surface area contributed by atoms with Gasteiger partial charge in [0.05, 0.1) is 0 Å². The van der Waals surface area contributed by atoms with Crippen LogP contribution in [-0.2, 0) is 0 Å². The molecule has 124 valence electrons. The summed E-state index contributed by atoms with van der Waals surface area (Å²) in [6, 6.07) is 0. The number of likely N-dealkylation sites (N-methyl/N-ethyl adjacent to an activating group) is 1. The molecule has 0 spiro atoms. The van der Waals surface area contributed by atoms with E-state index >= 15 is 0 Å². The largest absolute Gasteiger partial charge is 0.362 e. The standard InChI is InChI=1S/C16H34N4S/c1-3-4-5-6-7-8-9-10-11-17-16(21)18-20-14-12-19(2)13-15-20/h3-15H2,1-2H3,(H2,17,18,21). The van der Waals surface area contributed by atoms with Crippen LogP contribution < -0.4 is 10.7 Å². The van der Waals surface area contributed by atoms with Gasteiger partial charge in [-0.25, -0.2) is 5.01 Å². The van der Waals surface area contributed by atoms with Crippen LogP contribution in [0.3, 0.4) is 0 Å². The monoisotopic (exact) mass is 314 g/mol. The first-order chi connectivity index (χ1) is 10.2. The maximum atomic E-state index is 5.34. The average molecular weight is 315 g/mol. The average Bonchev–Trinajstić information content (AvgIpc) is 2.48. The van der Waals surface area contributed by atoms with Crippen LogP contribution in [0.5, 0.6) is 0 Å². The maximum Gasteiger partial charge on any atom is 0.181 e. The molecule has 0 bridgehead atoms. The zero-order valence-electron chi connectivity index (χ0n) is 14.0. The van der Waals surface area contributed by atoms with E-state index in [4.69, 9.17) is 12.2 Å². The maximum absolute atomic E-state index is 5.34. The minimum absolute atomic E-state index is 0.780. The third kappa shape index (κ3) is 10.0. The van der Waals surface area contributed by atoms with Gasteiger partial charge in [0.2, 0.25) is 0 Å². The van der Waals surface area contributed by atoms with Crippen molar-refractivity contribution in [3.63, 3.8) is 0 Å². The number of rotatable bonds is 10. The summed E-state index contributed by atoms with van der Waals surface area (Å²) in [5, 5.41) is 6.31. The molecular weight excluding hydrogens is 280 g/mol. The minimum atomic E-state index is 0.780. The molecule has 1 rings (SSSR count). The summed E-state index contributed by atoms with van der Waals surface area (Å²) in [7, 11) is 2.16. The molecule has 2 N–H and O–H groups in total. The van der Waals surface area contributed by atoms with Gasteiger partial charge in [-0.3, -0.25) is 5.43 Å². The summed E-state index contributed by atoms with van der Waals surface area (Å²) in [4.78, 5) is 2.34. The Labute approximate surface area is 136 Å². The van der Waals surface area contributed by atoms with E-state index < -0.39 is 0 Å². The van der Waals surface area contributed by atoms with Crippen LogP contribution in [0.15, 0.2) is 0 Å². The number of piperazine rings is 1. The molecule has 0 aliphatic carbocycles. The van der Waals surface area contributed by atoms with Gasteiger partial charge in [-0.05, 0) is 25.7 Å². The van der Waals surface area contributed by atoms with E-state index in [-0.39, 0.29) is 0 Å². The number of hydrazine groups is 1. The number of hydrogen-bond donors (Lipinski definition) is 2. The first-order valence-corrected chi connectivity index (χ1v) is 9.11. The summed E-state index contributed by atoms with van der Waals surface area (Å²) in [6.45, 7) is 7.55. The predicted molar refractivity (Wildman–Crippen MR) is 95.4 cm³/mol. The molecule has 0 saturated carbocycles. The topological polar surface area (TPSA) is 30.5 Å². The van der Waals surface area contributed by atoms with Gasteiger partial charge in [-0.15, -0.1) is 0 Å². The van der Waals surface area contributed by atoms with Gasteiger partial charge < -0.3 is 10.2 Å². The molecule has 0 atom stereocenters. The molecule has 0 aromatic heterocycles. The van der Waals surface area contributed by atoms with Crippen LogP contribution >= 0.6 is 12.2 Å². The Morgan fingerprint density at radius 2 is 1.48 bits per heavy atom. The number of nitrogens with zero attached hydrogens (tertiary/aromatic N) is 2. The molecule has 0 aromatic carbocycles. The van der Waals surface area contributed by atoms with E-state index in [0.29, 0.717) is 0 Å². The highest BCUT2D eigenvalue weighted by Gasteiger charge is 2.13. The van der Waals surface area contributed by atoms with Gasteiger partial charge in [-0.1, -0.05) is 51.9 Å². The molecule has 4 nitrogen and oxygen atoms in total. The molecular formula is C16H34N4S. The van der Waals surface area contributed by atoms with Gasteiger partial charge in [0.1, 0.15) is 0 Å². The molecule has 1 aliphatic heterocycles. The zero-order valence-corrected chi connectivity index (χ0v) is 14.8. The third-order valence-corrected chi connectivity index (χ3v) is 4.31. The van der Waals surface area contributed by atoms with Gasteiger partial charge >= 0.3 is 0 Å². The van der Waals surface area contributed by atoms with Crippen LogP contribution in [0.2, 0.25) is 0 Å². The van der Waals surface area contributed by atoms with Crippen molar-refractivity contribution in [2.24, 2.45) is 0 Å². The Balaban J connectivity index is 1.87. The molecule has 0 aromatic rings. The molecule has 21 heavy (non-hydrogen) atoms. The Hall–Kier alpha value is -0.390. The van der Waals surface area contributed by atoms with E-state index in [2.05, 4.69) is 34.6 Å². The van der Waals surface area contributed by atoms with Crippen molar-refractivity contribution in [3.05, 3.63) is 0 Å². The summed E-state index contributed by atoms with van der Waals surface area (Å²) < 4.78 is 0. The fourth-order valence-corrected chi connectivity index (χ4v) is 2.79. The predicted octanol–water partition coefficient (Wildman–Crippen LogP) is 2.75. The van der Waals surface area contributed by atoms with Crippen molar-refractivity contribution in [1.29, 1.82) is 0 Å². The number of thiocarbonyl (C=S) groups is 1. The Morgan fingerprint density at radius 1 is 0.905 bits per heavy atom. The van der Waals surface area contributed by atoms with Crippen LogP contribution in [0.1, 0.15) is 58.3 Å². The number of unbranched alkanes of at least 4 members (excludes halogenated alkanes) is 7. The van der Waals surface area contributed by atoms with Crippen LogP contribution in [0.25, 0.3) is 0 Å². The smallest absolute Gasteiger partial charge is 0.181 e. The lowest BCUT2D eigenvalue weighted by Gasteiger charge is -2.33. The zero-order chi connectivity index (χ0) is 15.3. The second-order valence-corrected chi connectivity index (χ2v) is 6.54. The normalized spacial score (nSPS) is 16.9. The van der Waals surface area contributed by atoms with Gasteiger partial charge in [-0.2, -0.15) is 0 Å². The Morgan fingerprint density at radius 3 is 2.10 bits per heavy atom. The lowest BCUT2D eigenvalue weighted by molar-refractivity contribution is 0.130. The highest BCUT2D eigenvalue weighted by atomic mass is 32.1. The first kappa shape index (κ1) is 18.7. The fraction of sp³-hybridized carbons (Fsp3) is 0.938. The lowest BCUT2D eigenvalue weighted by Crippen LogP contribution is -2.54. The van der Waals surface area contributed by atoms with Crippen molar-refractivity contribution >= 4 is 17.3 Å². The Kier molecular flexibility index (Phi) is 10.8. The van der Waals surface area contributed by atoms with Crippen molar-refractivity contribution in [3.8, 4) is 0 Å². The van der Waals surface area contributed by atoms with Crippen LogP contribution in [0.4, 0.5) is 0 Å². The van der Waals surface area contributed by atoms with Gasteiger partial charge in [0.15, 0.2) is 5.11 Å². The second-order valence-electron chi connectivity index (χ2n) is 6.13. The van der Waals surface area contributed by atoms with E-state index in [0.717, 1.165) is 37.8 Å². The summed E-state index contributed by atoms with van der Waals surface area (Å²) in [5.74, 6) is 0. The SMILES string of the molecule is CCCCCCCCCCNC(=S)NN1CCN(C)CC1. The summed E-state index contributed by atoms with van der Waals surface area (Å²) in [5.41, 5.74) is 3.29. The quantitative estimate of drug-likeness (QED) is 0.478. The molecule has 1 heterocycles. The van der Waals surface area contributed by atoms with Crippen LogP contribution in [-0.4, -0.2) is 54.8 Å². The molecule has 1 fully saturated rings. The van der Waals surface area contributed by atoms with Gasteiger partial charge in [0, 0.05) is 32.7 Å². The van der Waals surface area contributed by atoms with Crippen molar-refractivity contribution in [1.82, 2.24) is 20.7 Å². The molecule has 5 heteroatoms. The highest BCUT2D eigenvalue weighted by molar-refractivity contribution is 7.80. The molecule has 1 saturated heterocycles. The number of nitrogens with one attached hydrogen (secondary N) is 2. The molecule has 0 radical (unpaired) electrons. The second kappa shape index (κ2) is 12.2. The fourth-order valence-electron chi connectivity index (χ4n) is 2.56.